The lowest BCUT2D eigenvalue weighted by molar-refractivity contribution is 0.258. The van der Waals surface area contributed by atoms with E-state index in [1.807, 2.05) is 0 Å². The van der Waals surface area contributed by atoms with E-state index in [9.17, 15) is 0 Å². The highest BCUT2D eigenvalue weighted by Gasteiger charge is 2.36. The van der Waals surface area contributed by atoms with Crippen molar-refractivity contribution in [3.05, 3.63) is 35.4 Å². The molecule has 1 heteroatoms. The Bertz CT molecular complexity index is 498. The minimum absolute atomic E-state index is 0.315. The summed E-state index contributed by atoms with van der Waals surface area (Å²) in [7, 11) is -0.858. The first kappa shape index (κ1) is 25.7. The van der Waals surface area contributed by atoms with Gasteiger partial charge in [0.2, 0.25) is 0 Å². The van der Waals surface area contributed by atoms with Crippen LogP contribution in [0.15, 0.2) is 24.3 Å². The molecule has 0 saturated heterocycles. The Kier molecular flexibility index (Phi) is 11.3. The highest BCUT2D eigenvalue weighted by atomic mass is 31.2. The van der Waals surface area contributed by atoms with E-state index in [2.05, 4.69) is 79.7 Å². The van der Waals surface area contributed by atoms with Crippen molar-refractivity contribution < 1.29 is 0 Å². The standard InChI is InChI=1S/C27H50P/c1-9-12-19-28(20-13-10-2,21-14-11-3)22-24-15-17-25(18-16-24)26(23(4)5)27(6,7)8/h15-18,23,26H,9-14,19-22H2,1-8H3/q+1. The molecule has 0 aliphatic rings. The maximum Gasteiger partial charge on any atom is 0.0842 e. The zero-order valence-electron chi connectivity index (χ0n) is 20.5. The first-order valence-electron chi connectivity index (χ1n) is 12.1. The third-order valence-electron chi connectivity index (χ3n) is 6.41. The molecule has 1 unspecified atom stereocenters. The van der Waals surface area contributed by atoms with Crippen LogP contribution < -0.4 is 0 Å². The fraction of sp³-hybridized carbons (Fsp3) is 0.778. The summed E-state index contributed by atoms with van der Waals surface area (Å²) in [5.41, 5.74) is 3.46. The van der Waals surface area contributed by atoms with E-state index in [0.717, 1.165) is 0 Å². The summed E-state index contributed by atoms with van der Waals surface area (Å²) in [6, 6.07) is 9.88. The molecule has 0 amide bonds. The van der Waals surface area contributed by atoms with Gasteiger partial charge in [0.15, 0.2) is 0 Å². The number of hydrogen-bond donors (Lipinski definition) is 0. The van der Waals surface area contributed by atoms with E-state index in [0.29, 0.717) is 17.3 Å². The second-order valence-corrected chi connectivity index (χ2v) is 14.9. The smallest absolute Gasteiger partial charge is 0.0652 e. The van der Waals surface area contributed by atoms with Gasteiger partial charge in [-0.05, 0) is 47.6 Å². The summed E-state index contributed by atoms with van der Waals surface area (Å²) in [6.45, 7) is 19.0. The summed E-state index contributed by atoms with van der Waals surface area (Å²) in [6.07, 6.45) is 14.3. The van der Waals surface area contributed by atoms with Crippen LogP contribution in [-0.2, 0) is 6.16 Å². The quantitative estimate of drug-likeness (QED) is 0.287. The fourth-order valence-corrected chi connectivity index (χ4v) is 10.2. The molecule has 1 aromatic carbocycles. The van der Waals surface area contributed by atoms with Crippen LogP contribution in [0.1, 0.15) is 111 Å². The third-order valence-corrected chi connectivity index (χ3v) is 11.2. The summed E-state index contributed by atoms with van der Waals surface area (Å²) >= 11 is 0. The zero-order chi connectivity index (χ0) is 21.2. The van der Waals surface area contributed by atoms with E-state index >= 15 is 0 Å². The molecule has 0 bridgehead atoms. The summed E-state index contributed by atoms with van der Waals surface area (Å²) in [4.78, 5) is 0. The molecule has 0 heterocycles. The number of rotatable bonds is 13. The van der Waals surface area contributed by atoms with Gasteiger partial charge in [0.05, 0.1) is 24.6 Å². The van der Waals surface area contributed by atoms with Crippen molar-refractivity contribution in [1.29, 1.82) is 0 Å². The molecule has 0 spiro atoms. The zero-order valence-corrected chi connectivity index (χ0v) is 21.4. The van der Waals surface area contributed by atoms with Crippen molar-refractivity contribution >= 4 is 7.26 Å². The average molecular weight is 406 g/mol. The van der Waals surface area contributed by atoms with Gasteiger partial charge >= 0.3 is 0 Å². The summed E-state index contributed by atoms with van der Waals surface area (Å²) in [5.74, 6) is 1.30. The van der Waals surface area contributed by atoms with Gasteiger partial charge < -0.3 is 0 Å². The lowest BCUT2D eigenvalue weighted by Crippen LogP contribution is -2.23. The van der Waals surface area contributed by atoms with Crippen molar-refractivity contribution in [2.24, 2.45) is 11.3 Å². The Morgan fingerprint density at radius 1 is 0.750 bits per heavy atom. The Morgan fingerprint density at radius 2 is 1.18 bits per heavy atom. The maximum atomic E-state index is 2.48. The van der Waals surface area contributed by atoms with Crippen LogP contribution in [0, 0.1) is 11.3 Å². The van der Waals surface area contributed by atoms with Gasteiger partial charge in [-0.2, -0.15) is 0 Å². The van der Waals surface area contributed by atoms with E-state index in [-0.39, 0.29) is 0 Å². The van der Waals surface area contributed by atoms with Gasteiger partial charge in [-0.3, -0.25) is 0 Å². The Morgan fingerprint density at radius 3 is 1.50 bits per heavy atom. The molecule has 0 radical (unpaired) electrons. The van der Waals surface area contributed by atoms with Crippen LogP contribution in [0.25, 0.3) is 0 Å². The number of benzene rings is 1. The largest absolute Gasteiger partial charge is 0.0842 e. The van der Waals surface area contributed by atoms with E-state index in [1.54, 1.807) is 5.56 Å². The lowest BCUT2D eigenvalue weighted by Gasteiger charge is -2.34. The average Bonchev–Trinajstić information content (AvgIpc) is 2.63. The predicted octanol–water partition coefficient (Wildman–Crippen LogP) is 9.39. The normalized spacial score (nSPS) is 13.9. The van der Waals surface area contributed by atoms with Crippen LogP contribution >= 0.6 is 7.26 Å². The van der Waals surface area contributed by atoms with Gasteiger partial charge in [0, 0.05) is 7.26 Å². The second-order valence-electron chi connectivity index (χ2n) is 10.6. The van der Waals surface area contributed by atoms with Gasteiger partial charge in [0.25, 0.3) is 0 Å². The van der Waals surface area contributed by atoms with Crippen LogP contribution in [0.2, 0.25) is 0 Å². The second kappa shape index (κ2) is 12.4. The highest BCUT2D eigenvalue weighted by molar-refractivity contribution is 7.75. The summed E-state index contributed by atoms with van der Waals surface area (Å²) in [5, 5.41) is 0. The molecule has 1 aromatic rings. The molecule has 0 saturated carbocycles. The first-order valence-corrected chi connectivity index (χ1v) is 14.7. The first-order chi connectivity index (χ1) is 13.2. The Hall–Kier alpha value is -0.350. The van der Waals surface area contributed by atoms with E-state index in [1.165, 1.54) is 68.7 Å². The predicted molar refractivity (Wildman–Crippen MR) is 133 cm³/mol. The molecular formula is C27H50P+. The molecule has 1 rings (SSSR count). The Labute approximate surface area is 178 Å². The monoisotopic (exact) mass is 405 g/mol. The van der Waals surface area contributed by atoms with Crippen LogP contribution in [0.3, 0.4) is 0 Å². The molecule has 1 atom stereocenters. The van der Waals surface area contributed by atoms with Crippen molar-refractivity contribution in [3.63, 3.8) is 0 Å². The lowest BCUT2D eigenvalue weighted by atomic mass is 9.70. The molecule has 0 aliphatic heterocycles. The Balaban J connectivity index is 3.07. The topological polar surface area (TPSA) is 0 Å². The van der Waals surface area contributed by atoms with Gasteiger partial charge in [-0.1, -0.05) is 98.9 Å². The highest BCUT2D eigenvalue weighted by Crippen LogP contribution is 2.63. The molecule has 0 aliphatic carbocycles. The number of hydrogen-bond acceptors (Lipinski definition) is 0. The van der Waals surface area contributed by atoms with Crippen LogP contribution in [-0.4, -0.2) is 18.5 Å². The van der Waals surface area contributed by atoms with Gasteiger partial charge in [0.1, 0.15) is 0 Å². The minimum atomic E-state index is -0.858. The van der Waals surface area contributed by atoms with Gasteiger partial charge in [-0.15, -0.1) is 0 Å². The molecule has 0 aromatic heterocycles. The maximum absolute atomic E-state index is 2.48. The van der Waals surface area contributed by atoms with Gasteiger partial charge in [-0.25, -0.2) is 0 Å². The minimum Gasteiger partial charge on any atom is -0.0652 e. The van der Waals surface area contributed by atoms with E-state index < -0.39 is 7.26 Å². The van der Waals surface area contributed by atoms with Crippen molar-refractivity contribution in [3.8, 4) is 0 Å². The van der Waals surface area contributed by atoms with Crippen molar-refractivity contribution in [1.82, 2.24) is 0 Å². The molecule has 162 valence electrons. The number of unbranched alkanes of at least 4 members (excludes halogenated alkanes) is 3. The molecule has 0 nitrogen and oxygen atoms in total. The molecule has 28 heavy (non-hydrogen) atoms. The SMILES string of the molecule is CCCC[P+](CCCC)(CCCC)Cc1ccc(C(C(C)C)C(C)(C)C)cc1. The third kappa shape index (κ3) is 8.18. The van der Waals surface area contributed by atoms with Crippen molar-refractivity contribution in [2.45, 2.75) is 106 Å². The van der Waals surface area contributed by atoms with Crippen LogP contribution in [0.5, 0.6) is 0 Å². The fourth-order valence-electron chi connectivity index (χ4n) is 5.16. The van der Waals surface area contributed by atoms with Crippen LogP contribution in [0.4, 0.5) is 0 Å². The molecular weight excluding hydrogens is 355 g/mol. The van der Waals surface area contributed by atoms with E-state index in [4.69, 9.17) is 0 Å². The molecule has 0 fully saturated rings. The summed E-state index contributed by atoms with van der Waals surface area (Å²) < 4.78 is 0. The molecule has 0 N–H and O–H groups in total. The van der Waals surface area contributed by atoms with Crippen molar-refractivity contribution in [2.75, 3.05) is 18.5 Å².